The number of aliphatic hydroxyl groups excluding tert-OH is 1. The number of alkyl halides is 2. The highest BCUT2D eigenvalue weighted by Gasteiger charge is 2.23. The molecule has 1 aliphatic rings. The number of aliphatic hydroxyl groups is 1. The van der Waals surface area contributed by atoms with Gasteiger partial charge in [-0.25, -0.2) is 0 Å². The molecule has 0 radical (unpaired) electrons. The van der Waals surface area contributed by atoms with E-state index in [1.807, 2.05) is 0 Å². The van der Waals surface area contributed by atoms with E-state index in [9.17, 15) is 8.78 Å². The summed E-state index contributed by atoms with van der Waals surface area (Å²) in [4.78, 5) is 2.17. The van der Waals surface area contributed by atoms with Gasteiger partial charge in [-0.3, -0.25) is 4.90 Å². The van der Waals surface area contributed by atoms with Crippen molar-refractivity contribution >= 4 is 11.6 Å². The standard InChI is InChI=1S/C14H18ClF2NO2/c15-12-1-2-13(20-14(16)17)11(7-12)9-18-5-3-10(8-18)4-6-19/h1-2,7,10,14,19H,3-6,8-9H2. The van der Waals surface area contributed by atoms with Crippen LogP contribution >= 0.6 is 11.6 Å². The summed E-state index contributed by atoms with van der Waals surface area (Å²) in [6, 6.07) is 4.69. The minimum atomic E-state index is -2.84. The minimum Gasteiger partial charge on any atom is -0.434 e. The second kappa shape index (κ2) is 7.20. The van der Waals surface area contributed by atoms with Crippen molar-refractivity contribution in [2.75, 3.05) is 19.7 Å². The van der Waals surface area contributed by atoms with Crippen molar-refractivity contribution in [3.63, 3.8) is 0 Å². The van der Waals surface area contributed by atoms with Gasteiger partial charge in [0.2, 0.25) is 0 Å². The fourth-order valence-corrected chi connectivity index (χ4v) is 2.79. The second-order valence-corrected chi connectivity index (χ2v) is 5.47. The minimum absolute atomic E-state index is 0.176. The lowest BCUT2D eigenvalue weighted by Gasteiger charge is -2.18. The van der Waals surface area contributed by atoms with Crippen molar-refractivity contribution in [3.05, 3.63) is 28.8 Å². The van der Waals surface area contributed by atoms with Gasteiger partial charge < -0.3 is 9.84 Å². The van der Waals surface area contributed by atoms with Crippen LogP contribution in [0.15, 0.2) is 18.2 Å². The first kappa shape index (κ1) is 15.5. The van der Waals surface area contributed by atoms with Crippen LogP contribution in [0.4, 0.5) is 8.78 Å². The van der Waals surface area contributed by atoms with Crippen LogP contribution < -0.4 is 4.74 Å². The molecule has 0 aliphatic carbocycles. The molecular weight excluding hydrogens is 288 g/mol. The van der Waals surface area contributed by atoms with Gasteiger partial charge in [0.1, 0.15) is 5.75 Å². The third-order valence-electron chi connectivity index (χ3n) is 3.54. The van der Waals surface area contributed by atoms with E-state index in [4.69, 9.17) is 16.7 Å². The van der Waals surface area contributed by atoms with Crippen LogP contribution in [0, 0.1) is 5.92 Å². The van der Waals surface area contributed by atoms with E-state index >= 15 is 0 Å². The maximum atomic E-state index is 12.4. The van der Waals surface area contributed by atoms with Crippen molar-refractivity contribution in [1.82, 2.24) is 4.90 Å². The first-order chi connectivity index (χ1) is 9.58. The van der Waals surface area contributed by atoms with Gasteiger partial charge in [0, 0.05) is 30.3 Å². The monoisotopic (exact) mass is 305 g/mol. The van der Waals surface area contributed by atoms with Crippen molar-refractivity contribution < 1.29 is 18.6 Å². The SMILES string of the molecule is OCCC1CCN(Cc2cc(Cl)ccc2OC(F)F)C1. The summed E-state index contributed by atoms with van der Waals surface area (Å²) in [5, 5.41) is 9.45. The number of benzene rings is 1. The summed E-state index contributed by atoms with van der Waals surface area (Å²) in [5.41, 5.74) is 0.669. The molecule has 1 unspecified atom stereocenters. The van der Waals surface area contributed by atoms with Gasteiger partial charge in [-0.1, -0.05) is 11.6 Å². The molecule has 0 bridgehead atoms. The quantitative estimate of drug-likeness (QED) is 0.876. The average molecular weight is 306 g/mol. The molecule has 20 heavy (non-hydrogen) atoms. The smallest absolute Gasteiger partial charge is 0.387 e. The molecule has 0 saturated carbocycles. The molecule has 1 aromatic rings. The molecule has 3 nitrogen and oxygen atoms in total. The molecule has 1 aliphatic heterocycles. The highest BCUT2D eigenvalue weighted by atomic mass is 35.5. The molecule has 0 aromatic heterocycles. The summed E-state index contributed by atoms with van der Waals surface area (Å²) in [6.07, 6.45) is 1.80. The lowest BCUT2D eigenvalue weighted by Crippen LogP contribution is -2.21. The van der Waals surface area contributed by atoms with Crippen LogP contribution in [0.1, 0.15) is 18.4 Å². The summed E-state index contributed by atoms with van der Waals surface area (Å²) in [5.74, 6) is 0.647. The Bertz CT molecular complexity index is 445. The molecule has 1 aromatic carbocycles. The fourth-order valence-electron chi connectivity index (χ4n) is 2.60. The molecule has 1 atom stereocenters. The number of hydrogen-bond donors (Lipinski definition) is 1. The zero-order valence-corrected chi connectivity index (χ0v) is 11.8. The van der Waals surface area contributed by atoms with Gasteiger partial charge in [-0.05, 0) is 43.5 Å². The fraction of sp³-hybridized carbons (Fsp3) is 0.571. The Morgan fingerprint density at radius 2 is 2.25 bits per heavy atom. The lowest BCUT2D eigenvalue weighted by molar-refractivity contribution is -0.0507. The maximum absolute atomic E-state index is 12.4. The normalized spacial score (nSPS) is 19.8. The zero-order chi connectivity index (χ0) is 14.5. The van der Waals surface area contributed by atoms with Crippen molar-refractivity contribution in [2.45, 2.75) is 26.0 Å². The van der Waals surface area contributed by atoms with Crippen LogP contribution in [0.3, 0.4) is 0 Å². The van der Waals surface area contributed by atoms with E-state index in [-0.39, 0.29) is 12.4 Å². The molecule has 0 spiro atoms. The van der Waals surface area contributed by atoms with Gasteiger partial charge >= 0.3 is 6.61 Å². The van der Waals surface area contributed by atoms with Crippen LogP contribution in [-0.2, 0) is 6.54 Å². The number of nitrogens with zero attached hydrogens (tertiary/aromatic N) is 1. The molecule has 1 N–H and O–H groups in total. The Labute approximate surface area is 122 Å². The number of ether oxygens (including phenoxy) is 1. The van der Waals surface area contributed by atoms with E-state index in [0.717, 1.165) is 25.9 Å². The van der Waals surface area contributed by atoms with Crippen LogP contribution in [-0.4, -0.2) is 36.3 Å². The van der Waals surface area contributed by atoms with Crippen LogP contribution in [0.5, 0.6) is 5.75 Å². The Hall–Kier alpha value is -0.910. The van der Waals surface area contributed by atoms with E-state index in [1.165, 1.54) is 6.07 Å². The van der Waals surface area contributed by atoms with E-state index < -0.39 is 6.61 Å². The highest BCUT2D eigenvalue weighted by Crippen LogP contribution is 2.28. The molecule has 1 saturated heterocycles. The number of hydrogen-bond acceptors (Lipinski definition) is 3. The van der Waals surface area contributed by atoms with E-state index in [1.54, 1.807) is 12.1 Å². The van der Waals surface area contributed by atoms with E-state index in [2.05, 4.69) is 9.64 Å². The number of likely N-dealkylation sites (tertiary alicyclic amines) is 1. The predicted molar refractivity (Wildman–Crippen MR) is 73.2 cm³/mol. The molecule has 0 amide bonds. The summed E-state index contributed by atoms with van der Waals surface area (Å²) in [6.45, 7) is -0.359. The molecule has 1 heterocycles. The number of halogens is 3. The molecule has 1 fully saturated rings. The van der Waals surface area contributed by atoms with Gasteiger partial charge in [0.25, 0.3) is 0 Å². The zero-order valence-electron chi connectivity index (χ0n) is 11.1. The van der Waals surface area contributed by atoms with Gasteiger partial charge in [0.05, 0.1) is 0 Å². The summed E-state index contributed by atoms with van der Waals surface area (Å²) < 4.78 is 29.3. The molecular formula is C14H18ClF2NO2. The third kappa shape index (κ3) is 4.30. The third-order valence-corrected chi connectivity index (χ3v) is 3.77. The van der Waals surface area contributed by atoms with Crippen molar-refractivity contribution in [1.29, 1.82) is 0 Å². The second-order valence-electron chi connectivity index (χ2n) is 5.03. The predicted octanol–water partition coefficient (Wildman–Crippen LogP) is 3.15. The van der Waals surface area contributed by atoms with Gasteiger partial charge in [-0.2, -0.15) is 8.78 Å². The largest absolute Gasteiger partial charge is 0.434 e. The van der Waals surface area contributed by atoms with Crippen LogP contribution in [0.25, 0.3) is 0 Å². The topological polar surface area (TPSA) is 32.7 Å². The molecule has 6 heteroatoms. The molecule has 112 valence electrons. The summed E-state index contributed by atoms with van der Waals surface area (Å²) in [7, 11) is 0. The lowest BCUT2D eigenvalue weighted by atomic mass is 10.1. The Balaban J connectivity index is 2.03. The Kier molecular flexibility index (Phi) is 5.57. The van der Waals surface area contributed by atoms with Crippen LogP contribution in [0.2, 0.25) is 5.02 Å². The van der Waals surface area contributed by atoms with Crippen molar-refractivity contribution in [2.24, 2.45) is 5.92 Å². The first-order valence-electron chi connectivity index (χ1n) is 6.65. The Morgan fingerprint density at radius 1 is 1.45 bits per heavy atom. The van der Waals surface area contributed by atoms with E-state index in [0.29, 0.717) is 23.0 Å². The maximum Gasteiger partial charge on any atom is 0.387 e. The van der Waals surface area contributed by atoms with Gasteiger partial charge in [0.15, 0.2) is 0 Å². The Morgan fingerprint density at radius 3 is 2.95 bits per heavy atom. The summed E-state index contributed by atoms with van der Waals surface area (Å²) >= 11 is 5.92. The number of rotatable bonds is 6. The van der Waals surface area contributed by atoms with Crippen molar-refractivity contribution in [3.8, 4) is 5.75 Å². The highest BCUT2D eigenvalue weighted by molar-refractivity contribution is 6.30. The first-order valence-corrected chi connectivity index (χ1v) is 7.02. The molecule has 2 rings (SSSR count). The van der Waals surface area contributed by atoms with Gasteiger partial charge in [-0.15, -0.1) is 0 Å². The average Bonchev–Trinajstić information content (AvgIpc) is 2.80.